The van der Waals surface area contributed by atoms with Crippen LogP contribution in [0.2, 0.25) is 18.1 Å². The van der Waals surface area contributed by atoms with Crippen molar-refractivity contribution in [2.24, 2.45) is 17.1 Å². The molecular formula is C16H31NO4Si. The minimum Gasteiger partial charge on any atom is -0.459 e. The molecule has 0 saturated heterocycles. The van der Waals surface area contributed by atoms with Crippen molar-refractivity contribution in [2.45, 2.75) is 71.7 Å². The van der Waals surface area contributed by atoms with Crippen LogP contribution in [0, 0.1) is 11.3 Å². The van der Waals surface area contributed by atoms with Gasteiger partial charge in [-0.15, -0.1) is 0 Å². The molecule has 0 aromatic rings. The number of amides is 1. The summed E-state index contributed by atoms with van der Waals surface area (Å²) in [5, 5.41) is 0.0865. The van der Waals surface area contributed by atoms with Crippen molar-refractivity contribution in [3.63, 3.8) is 0 Å². The molecule has 0 heterocycles. The summed E-state index contributed by atoms with van der Waals surface area (Å²) in [6, 6.07) is 0. The molecule has 1 fully saturated rings. The van der Waals surface area contributed by atoms with E-state index in [1.165, 1.54) is 0 Å². The molecule has 0 aliphatic heterocycles. The summed E-state index contributed by atoms with van der Waals surface area (Å²) in [5.41, 5.74) is 3.65. The van der Waals surface area contributed by atoms with Crippen LogP contribution < -0.4 is 5.73 Å². The highest BCUT2D eigenvalue weighted by Gasteiger charge is 2.66. The van der Waals surface area contributed by atoms with Crippen LogP contribution in [0.25, 0.3) is 0 Å². The quantitative estimate of drug-likeness (QED) is 0.478. The van der Waals surface area contributed by atoms with Crippen LogP contribution in [-0.2, 0) is 18.8 Å². The number of carbonyl (C=O) groups excluding carboxylic acids is 2. The Kier molecular flexibility index (Phi) is 4.91. The molecule has 0 radical (unpaired) electrons. The van der Waals surface area contributed by atoms with Gasteiger partial charge in [-0.25, -0.2) is 0 Å². The Labute approximate surface area is 135 Å². The van der Waals surface area contributed by atoms with Crippen LogP contribution in [0.5, 0.6) is 0 Å². The van der Waals surface area contributed by atoms with E-state index in [1.807, 2.05) is 0 Å². The van der Waals surface area contributed by atoms with Gasteiger partial charge in [0.05, 0.1) is 0 Å². The van der Waals surface area contributed by atoms with E-state index >= 15 is 0 Å². The SMILES string of the molecule is CC(C)(C)OC(=O)C1(C(N)=O)CC1CO[Si](C)(C)C(C)(C)C. The fraction of sp³-hybridized carbons (Fsp3) is 0.875. The smallest absolute Gasteiger partial charge is 0.322 e. The average Bonchev–Trinajstić information content (AvgIpc) is 2.98. The lowest BCUT2D eigenvalue weighted by Gasteiger charge is -2.36. The molecule has 0 aromatic heterocycles. The molecular weight excluding hydrogens is 298 g/mol. The Morgan fingerprint density at radius 2 is 1.68 bits per heavy atom. The molecule has 2 unspecified atom stereocenters. The highest BCUT2D eigenvalue weighted by molar-refractivity contribution is 6.74. The number of nitrogens with two attached hydrogens (primary N) is 1. The highest BCUT2D eigenvalue weighted by atomic mass is 28.4. The van der Waals surface area contributed by atoms with Gasteiger partial charge in [-0.2, -0.15) is 0 Å². The van der Waals surface area contributed by atoms with Crippen molar-refractivity contribution in [1.82, 2.24) is 0 Å². The maximum Gasteiger partial charge on any atom is 0.322 e. The number of ether oxygens (including phenoxy) is 1. The largest absolute Gasteiger partial charge is 0.459 e. The van der Waals surface area contributed by atoms with Crippen molar-refractivity contribution < 1.29 is 18.8 Å². The van der Waals surface area contributed by atoms with E-state index in [2.05, 4.69) is 33.9 Å². The summed E-state index contributed by atoms with van der Waals surface area (Å²) in [6.07, 6.45) is 0.422. The summed E-state index contributed by atoms with van der Waals surface area (Å²) in [4.78, 5) is 24.2. The minimum atomic E-state index is -1.91. The Balaban J connectivity index is 2.76. The summed E-state index contributed by atoms with van der Waals surface area (Å²) >= 11 is 0. The van der Waals surface area contributed by atoms with E-state index in [0.29, 0.717) is 13.0 Å². The summed E-state index contributed by atoms with van der Waals surface area (Å²) in [7, 11) is -1.91. The zero-order valence-electron chi connectivity index (χ0n) is 15.2. The zero-order chi connectivity index (χ0) is 17.6. The molecule has 1 aliphatic carbocycles. The molecule has 22 heavy (non-hydrogen) atoms. The normalized spacial score (nSPS) is 25.7. The molecule has 0 aromatic carbocycles. The van der Waals surface area contributed by atoms with Gasteiger partial charge in [0.25, 0.3) is 0 Å². The lowest BCUT2D eigenvalue weighted by Crippen LogP contribution is -2.43. The number of esters is 1. The standard InChI is InChI=1S/C16H31NO4Si/c1-14(2,3)21-13(19)16(12(17)18)9-11(16)10-20-22(7,8)15(4,5)6/h11H,9-10H2,1-8H3,(H2,17,18). The maximum absolute atomic E-state index is 12.3. The van der Waals surface area contributed by atoms with Crippen LogP contribution in [0.4, 0.5) is 0 Å². The highest BCUT2D eigenvalue weighted by Crippen LogP contribution is 2.54. The number of primary amides is 1. The van der Waals surface area contributed by atoms with Crippen LogP contribution >= 0.6 is 0 Å². The Morgan fingerprint density at radius 1 is 1.18 bits per heavy atom. The molecule has 0 spiro atoms. The molecule has 1 amide bonds. The second kappa shape index (κ2) is 5.64. The lowest BCUT2D eigenvalue weighted by molar-refractivity contribution is -0.164. The topological polar surface area (TPSA) is 78.6 Å². The van der Waals surface area contributed by atoms with Gasteiger partial charge in [0, 0.05) is 12.5 Å². The summed E-state index contributed by atoms with van der Waals surface area (Å²) in [6.45, 7) is 16.5. The molecule has 6 heteroatoms. The van der Waals surface area contributed by atoms with E-state index in [0.717, 1.165) is 0 Å². The first-order valence-corrected chi connectivity index (χ1v) is 10.7. The van der Waals surface area contributed by atoms with Crippen LogP contribution in [0.3, 0.4) is 0 Å². The van der Waals surface area contributed by atoms with E-state index in [-0.39, 0.29) is 11.0 Å². The molecule has 128 valence electrons. The van der Waals surface area contributed by atoms with Crippen molar-refractivity contribution >= 4 is 20.2 Å². The Morgan fingerprint density at radius 3 is 2.05 bits per heavy atom. The number of carbonyl (C=O) groups is 2. The molecule has 1 saturated carbocycles. The number of hydrogen-bond acceptors (Lipinski definition) is 4. The van der Waals surface area contributed by atoms with Gasteiger partial charge in [0.15, 0.2) is 13.7 Å². The first-order valence-electron chi connectivity index (χ1n) is 7.81. The van der Waals surface area contributed by atoms with Crippen LogP contribution in [-0.4, -0.2) is 32.4 Å². The van der Waals surface area contributed by atoms with Gasteiger partial charge in [-0.05, 0) is 45.3 Å². The second-order valence-electron chi connectivity index (χ2n) is 8.81. The van der Waals surface area contributed by atoms with Gasteiger partial charge < -0.3 is 14.9 Å². The fourth-order valence-electron chi connectivity index (χ4n) is 2.08. The maximum atomic E-state index is 12.3. The van der Waals surface area contributed by atoms with Crippen molar-refractivity contribution in [3.8, 4) is 0 Å². The first kappa shape index (κ1) is 19.2. The van der Waals surface area contributed by atoms with Crippen molar-refractivity contribution in [3.05, 3.63) is 0 Å². The third-order valence-corrected chi connectivity index (χ3v) is 9.26. The summed E-state index contributed by atoms with van der Waals surface area (Å²) < 4.78 is 11.5. The monoisotopic (exact) mass is 329 g/mol. The molecule has 1 aliphatic rings. The van der Waals surface area contributed by atoms with E-state index in [4.69, 9.17) is 14.9 Å². The van der Waals surface area contributed by atoms with Crippen molar-refractivity contribution in [2.75, 3.05) is 6.61 Å². The number of hydrogen-bond donors (Lipinski definition) is 1. The van der Waals surface area contributed by atoms with Gasteiger partial charge >= 0.3 is 5.97 Å². The van der Waals surface area contributed by atoms with Gasteiger partial charge in [-0.1, -0.05) is 20.8 Å². The third-order valence-electron chi connectivity index (χ3n) is 4.76. The summed E-state index contributed by atoms with van der Waals surface area (Å²) in [5.74, 6) is -1.30. The Hall–Kier alpha value is -0.883. The zero-order valence-corrected chi connectivity index (χ0v) is 16.2. The van der Waals surface area contributed by atoms with E-state index < -0.39 is 31.2 Å². The molecule has 0 bridgehead atoms. The van der Waals surface area contributed by atoms with E-state index in [1.54, 1.807) is 20.8 Å². The average molecular weight is 330 g/mol. The molecule has 2 atom stereocenters. The fourth-order valence-corrected chi connectivity index (χ4v) is 3.13. The van der Waals surface area contributed by atoms with Gasteiger partial charge in [0.2, 0.25) is 5.91 Å². The lowest BCUT2D eigenvalue weighted by atomic mass is 10.0. The molecule has 1 rings (SSSR count). The van der Waals surface area contributed by atoms with Gasteiger partial charge in [-0.3, -0.25) is 9.59 Å². The molecule has 2 N–H and O–H groups in total. The van der Waals surface area contributed by atoms with Crippen LogP contribution in [0.15, 0.2) is 0 Å². The van der Waals surface area contributed by atoms with Gasteiger partial charge in [0.1, 0.15) is 5.60 Å². The second-order valence-corrected chi connectivity index (χ2v) is 13.6. The van der Waals surface area contributed by atoms with Crippen LogP contribution in [0.1, 0.15) is 48.0 Å². The van der Waals surface area contributed by atoms with Crippen molar-refractivity contribution in [1.29, 1.82) is 0 Å². The van der Waals surface area contributed by atoms with E-state index in [9.17, 15) is 9.59 Å². The predicted molar refractivity (Wildman–Crippen MR) is 88.7 cm³/mol. The third kappa shape index (κ3) is 3.90. The molecule has 5 nitrogen and oxygen atoms in total. The number of rotatable bonds is 5. The predicted octanol–water partition coefficient (Wildman–Crippen LogP) is 2.84. The first-order chi connectivity index (χ1) is 9.63. The minimum absolute atomic E-state index is 0.0865. The Bertz CT molecular complexity index is 462.